The lowest BCUT2D eigenvalue weighted by molar-refractivity contribution is 0.0471. The van der Waals surface area contributed by atoms with E-state index in [1.807, 2.05) is 6.92 Å². The molecule has 0 aliphatic rings. The molecule has 0 aliphatic carbocycles. The van der Waals surface area contributed by atoms with Crippen LogP contribution in [0.15, 0.2) is 42.5 Å². The van der Waals surface area contributed by atoms with E-state index in [1.165, 1.54) is 14.2 Å². The number of rotatable bonds is 8. The van der Waals surface area contributed by atoms with Crippen molar-refractivity contribution in [1.82, 2.24) is 0 Å². The average molecular weight is 344 g/mol. The van der Waals surface area contributed by atoms with Gasteiger partial charge in [0.2, 0.25) is 0 Å². The predicted octanol–water partition coefficient (Wildman–Crippen LogP) is 3.14. The highest BCUT2D eigenvalue weighted by atomic mass is 16.5. The Morgan fingerprint density at radius 1 is 0.920 bits per heavy atom. The molecule has 6 nitrogen and oxygen atoms in total. The number of hydrogen-bond acceptors (Lipinski definition) is 6. The summed E-state index contributed by atoms with van der Waals surface area (Å²) in [4.78, 5) is 24.5. The summed E-state index contributed by atoms with van der Waals surface area (Å²) >= 11 is 0. The third-order valence-corrected chi connectivity index (χ3v) is 3.45. The second-order valence-electron chi connectivity index (χ2n) is 5.00. The van der Waals surface area contributed by atoms with Gasteiger partial charge in [0.1, 0.15) is 11.3 Å². The Hall–Kier alpha value is -3.02. The van der Waals surface area contributed by atoms with Crippen LogP contribution < -0.4 is 14.2 Å². The minimum Gasteiger partial charge on any atom is -0.493 e. The molecule has 2 aromatic rings. The summed E-state index contributed by atoms with van der Waals surface area (Å²) in [5.41, 5.74) is 0.646. The van der Waals surface area contributed by atoms with Gasteiger partial charge in [-0.15, -0.1) is 0 Å². The topological polar surface area (TPSA) is 71.1 Å². The van der Waals surface area contributed by atoms with E-state index >= 15 is 0 Å². The summed E-state index contributed by atoms with van der Waals surface area (Å²) in [6.07, 6.45) is 0. The van der Waals surface area contributed by atoms with Crippen LogP contribution in [0.5, 0.6) is 17.2 Å². The van der Waals surface area contributed by atoms with E-state index in [0.717, 1.165) is 0 Å². The smallest absolute Gasteiger partial charge is 0.342 e. The number of benzene rings is 2. The predicted molar refractivity (Wildman–Crippen MR) is 91.8 cm³/mol. The largest absolute Gasteiger partial charge is 0.493 e. The summed E-state index contributed by atoms with van der Waals surface area (Å²) in [6.45, 7) is 1.87. The average Bonchev–Trinajstić information content (AvgIpc) is 2.65. The molecule has 2 rings (SSSR count). The van der Waals surface area contributed by atoms with Gasteiger partial charge in [-0.3, -0.25) is 4.79 Å². The van der Waals surface area contributed by atoms with E-state index in [0.29, 0.717) is 29.4 Å². The fraction of sp³-hybridized carbons (Fsp3) is 0.263. The first kappa shape index (κ1) is 18.3. The first-order chi connectivity index (χ1) is 12.1. The number of para-hydroxylation sites is 1. The lowest BCUT2D eigenvalue weighted by atomic mass is 10.1. The van der Waals surface area contributed by atoms with Crippen LogP contribution in [0.25, 0.3) is 0 Å². The number of ether oxygens (including phenoxy) is 4. The van der Waals surface area contributed by atoms with Gasteiger partial charge in [-0.25, -0.2) is 4.79 Å². The van der Waals surface area contributed by atoms with Gasteiger partial charge < -0.3 is 18.9 Å². The molecule has 132 valence electrons. The van der Waals surface area contributed by atoms with E-state index in [9.17, 15) is 9.59 Å². The second kappa shape index (κ2) is 8.73. The van der Waals surface area contributed by atoms with Gasteiger partial charge in [-0.2, -0.15) is 0 Å². The SMILES string of the molecule is CCOc1ccccc1C(=O)OCC(=O)c1ccc(OC)c(OC)c1. The van der Waals surface area contributed by atoms with Crippen molar-refractivity contribution in [3.63, 3.8) is 0 Å². The van der Waals surface area contributed by atoms with Crippen LogP contribution in [0.4, 0.5) is 0 Å². The number of methoxy groups -OCH3 is 2. The molecule has 0 fully saturated rings. The van der Waals surface area contributed by atoms with Crippen LogP contribution in [0.2, 0.25) is 0 Å². The molecule has 0 saturated carbocycles. The van der Waals surface area contributed by atoms with Crippen molar-refractivity contribution in [2.75, 3.05) is 27.4 Å². The summed E-state index contributed by atoms with van der Waals surface area (Å²) < 4.78 is 20.8. The Balaban J connectivity index is 2.06. The molecule has 0 heterocycles. The van der Waals surface area contributed by atoms with Crippen molar-refractivity contribution in [2.24, 2.45) is 0 Å². The normalized spacial score (nSPS) is 10.0. The van der Waals surface area contributed by atoms with Gasteiger partial charge in [-0.1, -0.05) is 12.1 Å². The van der Waals surface area contributed by atoms with E-state index in [-0.39, 0.29) is 18.0 Å². The number of ketones is 1. The monoisotopic (exact) mass is 344 g/mol. The molecule has 0 saturated heterocycles. The van der Waals surface area contributed by atoms with E-state index in [1.54, 1.807) is 42.5 Å². The molecular weight excluding hydrogens is 324 g/mol. The highest BCUT2D eigenvalue weighted by Crippen LogP contribution is 2.27. The van der Waals surface area contributed by atoms with Crippen molar-refractivity contribution in [3.05, 3.63) is 53.6 Å². The lowest BCUT2D eigenvalue weighted by Crippen LogP contribution is -2.15. The van der Waals surface area contributed by atoms with Crippen LogP contribution in [-0.4, -0.2) is 39.2 Å². The van der Waals surface area contributed by atoms with Gasteiger partial charge in [-0.05, 0) is 37.3 Å². The minimum atomic E-state index is -0.613. The van der Waals surface area contributed by atoms with Gasteiger partial charge in [0.15, 0.2) is 23.9 Å². The number of esters is 1. The maximum atomic E-state index is 12.3. The third kappa shape index (κ3) is 4.50. The third-order valence-electron chi connectivity index (χ3n) is 3.45. The molecule has 0 bridgehead atoms. The number of carbonyl (C=O) groups excluding carboxylic acids is 2. The van der Waals surface area contributed by atoms with Crippen LogP contribution in [0.3, 0.4) is 0 Å². The van der Waals surface area contributed by atoms with Gasteiger partial charge in [0.05, 0.1) is 20.8 Å². The number of Topliss-reactive ketones (excluding diaryl/α,β-unsaturated/α-hetero) is 1. The molecule has 0 spiro atoms. The molecule has 0 unspecified atom stereocenters. The zero-order valence-electron chi connectivity index (χ0n) is 14.4. The zero-order chi connectivity index (χ0) is 18.2. The van der Waals surface area contributed by atoms with Gasteiger partial charge in [0.25, 0.3) is 0 Å². The second-order valence-corrected chi connectivity index (χ2v) is 5.00. The molecule has 0 radical (unpaired) electrons. The maximum absolute atomic E-state index is 12.3. The summed E-state index contributed by atoms with van der Waals surface area (Å²) in [5.74, 6) is 0.415. The molecule has 0 N–H and O–H groups in total. The summed E-state index contributed by atoms with van der Waals surface area (Å²) in [5, 5.41) is 0. The van der Waals surface area contributed by atoms with Crippen LogP contribution in [0, 0.1) is 0 Å². The van der Waals surface area contributed by atoms with E-state index in [4.69, 9.17) is 18.9 Å². The molecule has 6 heteroatoms. The van der Waals surface area contributed by atoms with Crippen LogP contribution in [-0.2, 0) is 4.74 Å². The Labute approximate surface area is 146 Å². The number of carbonyl (C=O) groups is 2. The Morgan fingerprint density at radius 3 is 2.32 bits per heavy atom. The molecule has 0 aliphatic heterocycles. The molecule has 0 atom stereocenters. The highest BCUT2D eigenvalue weighted by molar-refractivity contribution is 6.00. The van der Waals surface area contributed by atoms with Crippen molar-refractivity contribution in [3.8, 4) is 17.2 Å². The van der Waals surface area contributed by atoms with Crippen LogP contribution >= 0.6 is 0 Å². The van der Waals surface area contributed by atoms with E-state index < -0.39 is 5.97 Å². The van der Waals surface area contributed by atoms with Crippen molar-refractivity contribution < 1.29 is 28.5 Å². The Bertz CT molecular complexity index is 753. The minimum absolute atomic E-state index is 0.282. The zero-order valence-corrected chi connectivity index (χ0v) is 14.4. The van der Waals surface area contributed by atoms with E-state index in [2.05, 4.69) is 0 Å². The van der Waals surface area contributed by atoms with Gasteiger partial charge in [0, 0.05) is 5.56 Å². The quantitative estimate of drug-likeness (QED) is 0.541. The Morgan fingerprint density at radius 2 is 1.64 bits per heavy atom. The molecule has 2 aromatic carbocycles. The Kier molecular flexibility index (Phi) is 6.39. The lowest BCUT2D eigenvalue weighted by Gasteiger charge is -2.11. The van der Waals surface area contributed by atoms with Gasteiger partial charge >= 0.3 is 5.97 Å². The fourth-order valence-corrected chi connectivity index (χ4v) is 2.22. The maximum Gasteiger partial charge on any atom is 0.342 e. The first-order valence-electron chi connectivity index (χ1n) is 7.74. The molecule has 25 heavy (non-hydrogen) atoms. The molecular formula is C19H20O6. The van der Waals surface area contributed by atoms with Crippen LogP contribution in [0.1, 0.15) is 27.6 Å². The fourth-order valence-electron chi connectivity index (χ4n) is 2.22. The standard InChI is InChI=1S/C19H20O6/c1-4-24-16-8-6-5-7-14(16)19(21)25-12-15(20)13-9-10-17(22-2)18(11-13)23-3/h5-11H,4,12H2,1-3H3. The highest BCUT2D eigenvalue weighted by Gasteiger charge is 2.17. The number of hydrogen-bond donors (Lipinski definition) is 0. The van der Waals surface area contributed by atoms with Crippen molar-refractivity contribution in [2.45, 2.75) is 6.92 Å². The van der Waals surface area contributed by atoms with Crippen molar-refractivity contribution >= 4 is 11.8 Å². The summed E-state index contributed by atoms with van der Waals surface area (Å²) in [7, 11) is 2.99. The summed E-state index contributed by atoms with van der Waals surface area (Å²) in [6, 6.07) is 11.5. The molecule has 0 amide bonds. The first-order valence-corrected chi connectivity index (χ1v) is 7.74. The molecule has 0 aromatic heterocycles. The van der Waals surface area contributed by atoms with Crippen molar-refractivity contribution in [1.29, 1.82) is 0 Å².